The van der Waals surface area contributed by atoms with Gasteiger partial charge in [-0.25, -0.2) is 0 Å². The van der Waals surface area contributed by atoms with E-state index in [1.807, 2.05) is 0 Å². The average molecular weight is 320 g/mol. The lowest BCUT2D eigenvalue weighted by Crippen LogP contribution is -2.54. The Morgan fingerprint density at radius 2 is 0.792 bits per heavy atom. The second kappa shape index (κ2) is 4.61. The number of carbonyl (C=O) groups is 4. The van der Waals surface area contributed by atoms with Crippen molar-refractivity contribution in [3.05, 3.63) is 71.8 Å². The zero-order valence-electron chi connectivity index (χ0n) is 12.4. The van der Waals surface area contributed by atoms with Crippen LogP contribution in [0.3, 0.4) is 0 Å². The summed E-state index contributed by atoms with van der Waals surface area (Å²) in [6, 6.07) is 16.4. The molecule has 2 aliphatic heterocycles. The van der Waals surface area contributed by atoms with Crippen molar-refractivity contribution in [1.29, 1.82) is 0 Å². The van der Waals surface area contributed by atoms with Crippen LogP contribution in [-0.4, -0.2) is 23.6 Å². The van der Waals surface area contributed by atoms with Crippen molar-refractivity contribution in [2.75, 3.05) is 0 Å². The molecule has 6 nitrogen and oxygen atoms in total. The molecule has 2 saturated heterocycles. The average Bonchev–Trinajstić information content (AvgIpc) is 2.99. The summed E-state index contributed by atoms with van der Waals surface area (Å²) in [5, 5.41) is 4.40. The van der Waals surface area contributed by atoms with Gasteiger partial charge >= 0.3 is 0 Å². The Hall–Kier alpha value is -3.28. The summed E-state index contributed by atoms with van der Waals surface area (Å²) in [5.74, 6) is -3.14. The number of imide groups is 2. The molecule has 6 heteroatoms. The fraction of sp³-hybridized carbons (Fsp3) is 0.111. The first-order valence-corrected chi connectivity index (χ1v) is 7.39. The van der Waals surface area contributed by atoms with Crippen molar-refractivity contribution in [2.45, 2.75) is 10.8 Å². The van der Waals surface area contributed by atoms with E-state index in [9.17, 15) is 19.2 Å². The number of fused-ring (bicyclic) bond motifs is 1. The summed E-state index contributed by atoms with van der Waals surface area (Å²) in [4.78, 5) is 51.1. The van der Waals surface area contributed by atoms with E-state index in [0.29, 0.717) is 11.1 Å². The van der Waals surface area contributed by atoms with Gasteiger partial charge in [0.15, 0.2) is 10.8 Å². The Balaban J connectivity index is 2.15. The standard InChI is InChI=1S/C18H12N2O4/c21-13-17(11-7-3-1-4-8-11)14(22)20-16(24)18(17,15(23)19-13)12-9-5-2-6-10-12/h1-10H,(H,19,21,23)(H,20,22,24). The molecule has 0 spiro atoms. The van der Waals surface area contributed by atoms with Crippen LogP contribution in [0.4, 0.5) is 0 Å². The molecule has 0 aromatic heterocycles. The van der Waals surface area contributed by atoms with Crippen molar-refractivity contribution in [2.24, 2.45) is 0 Å². The SMILES string of the molecule is O=C1NC(=O)C2(c3ccccc3)C(=O)NC(=O)C12c1ccccc1. The number of hydrogen-bond acceptors (Lipinski definition) is 4. The van der Waals surface area contributed by atoms with E-state index in [2.05, 4.69) is 10.6 Å². The van der Waals surface area contributed by atoms with E-state index in [-0.39, 0.29) is 0 Å². The smallest absolute Gasteiger partial charge is 0.248 e. The molecule has 2 aromatic rings. The molecular formula is C18H12N2O4. The summed E-state index contributed by atoms with van der Waals surface area (Å²) in [6.07, 6.45) is 0. The number of amides is 4. The minimum atomic E-state index is -1.94. The second-order valence-electron chi connectivity index (χ2n) is 5.80. The van der Waals surface area contributed by atoms with E-state index >= 15 is 0 Å². The van der Waals surface area contributed by atoms with Crippen LogP contribution in [0.1, 0.15) is 11.1 Å². The van der Waals surface area contributed by atoms with Crippen molar-refractivity contribution in [3.8, 4) is 0 Å². The highest BCUT2D eigenvalue weighted by Gasteiger charge is 2.79. The van der Waals surface area contributed by atoms with E-state index in [1.165, 1.54) is 0 Å². The van der Waals surface area contributed by atoms with Crippen LogP contribution < -0.4 is 10.6 Å². The highest BCUT2D eigenvalue weighted by atomic mass is 16.2. The van der Waals surface area contributed by atoms with Gasteiger partial charge in [-0.05, 0) is 11.1 Å². The minimum Gasteiger partial charge on any atom is -0.294 e. The minimum absolute atomic E-state index is 0.306. The van der Waals surface area contributed by atoms with Crippen LogP contribution in [0.15, 0.2) is 60.7 Å². The van der Waals surface area contributed by atoms with E-state index < -0.39 is 34.5 Å². The van der Waals surface area contributed by atoms with Crippen LogP contribution >= 0.6 is 0 Å². The predicted octanol–water partition coefficient (Wildman–Crippen LogP) is 0.175. The molecule has 2 N–H and O–H groups in total. The van der Waals surface area contributed by atoms with Crippen LogP contribution in [-0.2, 0) is 30.0 Å². The first-order chi connectivity index (χ1) is 11.6. The number of carbonyl (C=O) groups excluding carboxylic acids is 4. The monoisotopic (exact) mass is 320 g/mol. The lowest BCUT2D eigenvalue weighted by atomic mass is 9.59. The normalized spacial score (nSPS) is 28.5. The van der Waals surface area contributed by atoms with Gasteiger partial charge in [-0.3, -0.25) is 29.8 Å². The van der Waals surface area contributed by atoms with E-state index in [1.54, 1.807) is 60.7 Å². The van der Waals surface area contributed by atoms with Crippen molar-refractivity contribution in [1.82, 2.24) is 10.6 Å². The Kier molecular flexibility index (Phi) is 2.75. The fourth-order valence-corrected chi connectivity index (χ4v) is 3.80. The predicted molar refractivity (Wildman–Crippen MR) is 82.5 cm³/mol. The fourth-order valence-electron chi connectivity index (χ4n) is 3.80. The molecule has 0 atom stereocenters. The van der Waals surface area contributed by atoms with Gasteiger partial charge in [0.2, 0.25) is 23.6 Å². The Bertz CT molecular complexity index is 786. The second-order valence-corrected chi connectivity index (χ2v) is 5.80. The van der Waals surface area contributed by atoms with Crippen molar-refractivity contribution < 1.29 is 19.2 Å². The van der Waals surface area contributed by atoms with Crippen LogP contribution in [0, 0.1) is 0 Å². The van der Waals surface area contributed by atoms with Crippen molar-refractivity contribution >= 4 is 23.6 Å². The van der Waals surface area contributed by atoms with Crippen LogP contribution in [0.5, 0.6) is 0 Å². The lowest BCUT2D eigenvalue weighted by molar-refractivity contribution is -0.135. The first-order valence-electron chi connectivity index (χ1n) is 7.39. The summed E-state index contributed by atoms with van der Waals surface area (Å²) in [7, 11) is 0. The molecule has 2 fully saturated rings. The molecule has 2 aromatic carbocycles. The number of nitrogens with one attached hydrogen (secondary N) is 2. The van der Waals surface area contributed by atoms with Gasteiger partial charge in [0, 0.05) is 0 Å². The number of benzene rings is 2. The molecule has 0 aliphatic carbocycles. The molecule has 24 heavy (non-hydrogen) atoms. The molecule has 4 amide bonds. The Morgan fingerprint density at radius 1 is 0.500 bits per heavy atom. The summed E-state index contributed by atoms with van der Waals surface area (Å²) in [5.41, 5.74) is -3.27. The molecule has 118 valence electrons. The van der Waals surface area contributed by atoms with Gasteiger partial charge in [0.1, 0.15) is 0 Å². The van der Waals surface area contributed by atoms with E-state index in [0.717, 1.165) is 0 Å². The highest BCUT2D eigenvalue weighted by molar-refractivity contribution is 6.40. The van der Waals surface area contributed by atoms with Gasteiger partial charge in [0.05, 0.1) is 0 Å². The number of rotatable bonds is 2. The van der Waals surface area contributed by atoms with Gasteiger partial charge < -0.3 is 0 Å². The molecule has 0 radical (unpaired) electrons. The van der Waals surface area contributed by atoms with E-state index in [4.69, 9.17) is 0 Å². The first kappa shape index (κ1) is 14.3. The van der Waals surface area contributed by atoms with Gasteiger partial charge in [-0.2, -0.15) is 0 Å². The summed E-state index contributed by atoms with van der Waals surface area (Å²) in [6.45, 7) is 0. The lowest BCUT2D eigenvalue weighted by Gasteiger charge is -2.31. The summed E-state index contributed by atoms with van der Waals surface area (Å²) < 4.78 is 0. The zero-order valence-corrected chi connectivity index (χ0v) is 12.4. The topological polar surface area (TPSA) is 92.3 Å². The molecule has 0 saturated carbocycles. The largest absolute Gasteiger partial charge is 0.294 e. The Labute approximate surface area is 136 Å². The molecular weight excluding hydrogens is 308 g/mol. The summed E-state index contributed by atoms with van der Waals surface area (Å²) >= 11 is 0. The van der Waals surface area contributed by atoms with Crippen LogP contribution in [0.25, 0.3) is 0 Å². The molecule has 0 bridgehead atoms. The molecule has 0 unspecified atom stereocenters. The highest BCUT2D eigenvalue weighted by Crippen LogP contribution is 2.52. The maximum atomic E-state index is 12.8. The maximum absolute atomic E-state index is 12.8. The Morgan fingerprint density at radius 3 is 1.08 bits per heavy atom. The van der Waals surface area contributed by atoms with Gasteiger partial charge in [-0.15, -0.1) is 0 Å². The molecule has 2 aliphatic rings. The third-order valence-corrected chi connectivity index (χ3v) is 4.79. The van der Waals surface area contributed by atoms with Gasteiger partial charge in [0.25, 0.3) is 0 Å². The van der Waals surface area contributed by atoms with Gasteiger partial charge in [-0.1, -0.05) is 60.7 Å². The van der Waals surface area contributed by atoms with Crippen LogP contribution in [0.2, 0.25) is 0 Å². The third-order valence-electron chi connectivity index (χ3n) is 4.79. The maximum Gasteiger partial charge on any atom is 0.248 e. The molecule has 4 rings (SSSR count). The quantitative estimate of drug-likeness (QED) is 0.610. The number of hydrogen-bond donors (Lipinski definition) is 2. The third kappa shape index (κ3) is 1.36. The zero-order chi connectivity index (χ0) is 16.9. The van der Waals surface area contributed by atoms with Crippen molar-refractivity contribution in [3.63, 3.8) is 0 Å². The molecule has 2 heterocycles.